The normalized spacial score (nSPS) is 14.5. The topological polar surface area (TPSA) is 66.9 Å². The second-order valence-electron chi connectivity index (χ2n) is 4.46. The van der Waals surface area contributed by atoms with E-state index in [-0.39, 0.29) is 5.91 Å². The average molecular weight is 234 g/mol. The Kier molecular flexibility index (Phi) is 3.56. The van der Waals surface area contributed by atoms with E-state index in [1.165, 1.54) is 12.8 Å². The molecule has 1 heterocycles. The van der Waals surface area contributed by atoms with Crippen molar-refractivity contribution < 1.29 is 4.79 Å². The molecule has 1 aliphatic rings. The Bertz CT molecular complexity index is 415. The first-order chi connectivity index (χ1) is 8.19. The second kappa shape index (κ2) is 5.12. The first kappa shape index (κ1) is 11.8. The van der Waals surface area contributed by atoms with Gasteiger partial charge >= 0.3 is 0 Å². The summed E-state index contributed by atoms with van der Waals surface area (Å²) in [4.78, 5) is 20.1. The van der Waals surface area contributed by atoms with Gasteiger partial charge in [0, 0.05) is 19.3 Å². The van der Waals surface area contributed by atoms with Gasteiger partial charge in [-0.15, -0.1) is 0 Å². The summed E-state index contributed by atoms with van der Waals surface area (Å²) in [6, 6.07) is 1.70. The smallest absolute Gasteiger partial charge is 0.270 e. The standard InChI is InChI=1S/C12H18N4O/c1-8-7-10(16-12(13-2)15-8)11(17)14-6-5-9-3-4-9/h7,9H,3-6H2,1-2H3,(H,14,17)(H,13,15,16). The Balaban J connectivity index is 1.94. The number of hydrogen-bond donors (Lipinski definition) is 2. The summed E-state index contributed by atoms with van der Waals surface area (Å²) in [5.41, 5.74) is 1.22. The lowest BCUT2D eigenvalue weighted by Crippen LogP contribution is -2.26. The molecule has 1 fully saturated rings. The molecule has 2 N–H and O–H groups in total. The van der Waals surface area contributed by atoms with E-state index in [9.17, 15) is 4.79 Å². The molecular weight excluding hydrogens is 216 g/mol. The van der Waals surface area contributed by atoms with Crippen LogP contribution in [-0.2, 0) is 0 Å². The summed E-state index contributed by atoms with van der Waals surface area (Å²) in [6.07, 6.45) is 3.70. The molecule has 0 spiro atoms. The monoisotopic (exact) mass is 234 g/mol. The number of aromatic nitrogens is 2. The average Bonchev–Trinajstić information content (AvgIpc) is 3.12. The highest BCUT2D eigenvalue weighted by molar-refractivity contribution is 5.92. The van der Waals surface area contributed by atoms with Gasteiger partial charge in [0.05, 0.1) is 0 Å². The van der Waals surface area contributed by atoms with Crippen LogP contribution in [0.3, 0.4) is 0 Å². The summed E-state index contributed by atoms with van der Waals surface area (Å²) in [7, 11) is 1.74. The molecular formula is C12H18N4O. The van der Waals surface area contributed by atoms with Crippen molar-refractivity contribution in [3.63, 3.8) is 0 Å². The molecule has 1 saturated carbocycles. The van der Waals surface area contributed by atoms with Crippen molar-refractivity contribution in [2.24, 2.45) is 5.92 Å². The fourth-order valence-corrected chi connectivity index (χ4v) is 1.68. The third kappa shape index (κ3) is 3.41. The highest BCUT2D eigenvalue weighted by Crippen LogP contribution is 2.31. The van der Waals surface area contributed by atoms with Crippen molar-refractivity contribution in [2.75, 3.05) is 18.9 Å². The van der Waals surface area contributed by atoms with E-state index in [2.05, 4.69) is 20.6 Å². The van der Waals surface area contributed by atoms with Gasteiger partial charge in [-0.1, -0.05) is 12.8 Å². The minimum atomic E-state index is -0.118. The number of rotatable bonds is 5. The Labute approximate surface area is 101 Å². The van der Waals surface area contributed by atoms with E-state index >= 15 is 0 Å². The summed E-state index contributed by atoms with van der Waals surface area (Å²) < 4.78 is 0. The Morgan fingerprint density at radius 2 is 2.24 bits per heavy atom. The first-order valence-corrected chi connectivity index (χ1v) is 6.00. The van der Waals surface area contributed by atoms with Crippen LogP contribution in [-0.4, -0.2) is 29.5 Å². The Morgan fingerprint density at radius 1 is 1.47 bits per heavy atom. The van der Waals surface area contributed by atoms with Crippen molar-refractivity contribution >= 4 is 11.9 Å². The van der Waals surface area contributed by atoms with Crippen molar-refractivity contribution in [3.05, 3.63) is 17.5 Å². The van der Waals surface area contributed by atoms with Crippen LogP contribution in [0.25, 0.3) is 0 Å². The SMILES string of the molecule is CNc1nc(C)cc(C(=O)NCCC2CC2)n1. The molecule has 5 heteroatoms. The van der Waals surface area contributed by atoms with Crippen LogP contribution >= 0.6 is 0 Å². The minimum absolute atomic E-state index is 0.118. The third-order valence-corrected chi connectivity index (χ3v) is 2.85. The second-order valence-corrected chi connectivity index (χ2v) is 4.46. The van der Waals surface area contributed by atoms with Gasteiger partial charge in [0.1, 0.15) is 5.69 Å². The van der Waals surface area contributed by atoms with Gasteiger partial charge in [-0.05, 0) is 25.3 Å². The molecule has 1 amide bonds. The maximum absolute atomic E-state index is 11.8. The van der Waals surface area contributed by atoms with E-state index in [1.807, 2.05) is 6.92 Å². The third-order valence-electron chi connectivity index (χ3n) is 2.85. The van der Waals surface area contributed by atoms with Gasteiger partial charge in [0.15, 0.2) is 0 Å². The minimum Gasteiger partial charge on any atom is -0.357 e. The van der Waals surface area contributed by atoms with Crippen LogP contribution in [0.5, 0.6) is 0 Å². The molecule has 0 atom stereocenters. The first-order valence-electron chi connectivity index (χ1n) is 6.00. The van der Waals surface area contributed by atoms with E-state index in [4.69, 9.17) is 0 Å². The van der Waals surface area contributed by atoms with Crippen LogP contribution in [0.15, 0.2) is 6.07 Å². The zero-order valence-electron chi connectivity index (χ0n) is 10.3. The molecule has 0 aromatic carbocycles. The summed E-state index contributed by atoms with van der Waals surface area (Å²) in [5.74, 6) is 1.19. The largest absolute Gasteiger partial charge is 0.357 e. The molecule has 1 aliphatic carbocycles. The van der Waals surface area contributed by atoms with Crippen molar-refractivity contribution in [2.45, 2.75) is 26.2 Å². The van der Waals surface area contributed by atoms with Gasteiger partial charge < -0.3 is 10.6 Å². The van der Waals surface area contributed by atoms with Crippen LogP contribution in [0.1, 0.15) is 35.4 Å². The van der Waals surface area contributed by atoms with E-state index in [1.54, 1.807) is 13.1 Å². The Hall–Kier alpha value is -1.65. The lowest BCUT2D eigenvalue weighted by molar-refractivity contribution is 0.0947. The number of nitrogens with one attached hydrogen (secondary N) is 2. The summed E-state index contributed by atoms with van der Waals surface area (Å²) >= 11 is 0. The maximum Gasteiger partial charge on any atom is 0.270 e. The molecule has 0 unspecified atom stereocenters. The number of amides is 1. The predicted molar refractivity (Wildman–Crippen MR) is 66.0 cm³/mol. The molecule has 0 saturated heterocycles. The van der Waals surface area contributed by atoms with Gasteiger partial charge in [-0.2, -0.15) is 0 Å². The quantitative estimate of drug-likeness (QED) is 0.807. The zero-order chi connectivity index (χ0) is 12.3. The lowest BCUT2D eigenvalue weighted by Gasteiger charge is -2.06. The summed E-state index contributed by atoms with van der Waals surface area (Å²) in [6.45, 7) is 2.59. The van der Waals surface area contributed by atoms with Crippen LogP contribution in [0.2, 0.25) is 0 Å². The van der Waals surface area contributed by atoms with Crippen molar-refractivity contribution in [1.29, 1.82) is 0 Å². The lowest BCUT2D eigenvalue weighted by atomic mass is 10.3. The van der Waals surface area contributed by atoms with Crippen LogP contribution in [0, 0.1) is 12.8 Å². The van der Waals surface area contributed by atoms with Gasteiger partial charge in [-0.3, -0.25) is 4.79 Å². The molecule has 0 bridgehead atoms. The molecule has 0 aliphatic heterocycles. The highest BCUT2D eigenvalue weighted by Gasteiger charge is 2.20. The molecule has 0 radical (unpaired) electrons. The van der Waals surface area contributed by atoms with E-state index in [0.29, 0.717) is 11.6 Å². The molecule has 1 aromatic heterocycles. The highest BCUT2D eigenvalue weighted by atomic mass is 16.1. The number of hydrogen-bond acceptors (Lipinski definition) is 4. The Morgan fingerprint density at radius 3 is 2.88 bits per heavy atom. The van der Waals surface area contributed by atoms with Crippen LogP contribution in [0.4, 0.5) is 5.95 Å². The molecule has 92 valence electrons. The van der Waals surface area contributed by atoms with E-state index in [0.717, 1.165) is 24.6 Å². The van der Waals surface area contributed by atoms with Crippen molar-refractivity contribution in [1.82, 2.24) is 15.3 Å². The van der Waals surface area contributed by atoms with Crippen molar-refractivity contribution in [3.8, 4) is 0 Å². The fraction of sp³-hybridized carbons (Fsp3) is 0.583. The number of carbonyl (C=O) groups is 1. The van der Waals surface area contributed by atoms with E-state index < -0.39 is 0 Å². The van der Waals surface area contributed by atoms with Gasteiger partial charge in [-0.25, -0.2) is 9.97 Å². The molecule has 2 rings (SSSR count). The fourth-order valence-electron chi connectivity index (χ4n) is 1.68. The predicted octanol–water partition coefficient (Wildman–Crippen LogP) is 1.36. The van der Waals surface area contributed by atoms with Gasteiger partial charge in [0.2, 0.25) is 5.95 Å². The number of nitrogens with zero attached hydrogens (tertiary/aromatic N) is 2. The number of anilines is 1. The summed E-state index contributed by atoms with van der Waals surface area (Å²) in [5, 5.41) is 5.74. The van der Waals surface area contributed by atoms with Gasteiger partial charge in [0.25, 0.3) is 5.91 Å². The van der Waals surface area contributed by atoms with Crippen LogP contribution < -0.4 is 10.6 Å². The molecule has 1 aromatic rings. The number of carbonyl (C=O) groups excluding carboxylic acids is 1. The molecule has 5 nitrogen and oxygen atoms in total. The maximum atomic E-state index is 11.8. The number of aryl methyl sites for hydroxylation is 1. The molecule has 17 heavy (non-hydrogen) atoms. The zero-order valence-corrected chi connectivity index (χ0v) is 10.3.